The zero-order chi connectivity index (χ0) is 32.3. The van der Waals surface area contributed by atoms with Gasteiger partial charge in [0.1, 0.15) is 0 Å². The van der Waals surface area contributed by atoms with Crippen molar-refractivity contribution in [2.24, 2.45) is 0 Å². The molecule has 3 nitrogen and oxygen atoms in total. The van der Waals surface area contributed by atoms with Crippen LogP contribution >= 0.6 is 0 Å². The summed E-state index contributed by atoms with van der Waals surface area (Å²) in [6.07, 6.45) is 0. The molecule has 8 aromatic carbocycles. The minimum absolute atomic E-state index is 0.697. The molecule has 0 radical (unpaired) electrons. The lowest BCUT2D eigenvalue weighted by molar-refractivity contribution is 1.17. The van der Waals surface area contributed by atoms with Gasteiger partial charge in [-0.25, -0.2) is 9.97 Å². The molecule has 0 amide bonds. The van der Waals surface area contributed by atoms with E-state index in [1.807, 2.05) is 6.07 Å². The third-order valence-corrected chi connectivity index (χ3v) is 9.72. The van der Waals surface area contributed by atoms with Crippen LogP contribution in [-0.2, 0) is 0 Å². The van der Waals surface area contributed by atoms with Gasteiger partial charge >= 0.3 is 0 Å². The predicted octanol–water partition coefficient (Wildman–Crippen LogP) is 12.0. The molecule has 0 fully saturated rings. The Bertz CT molecular complexity index is 2880. The van der Waals surface area contributed by atoms with E-state index in [-0.39, 0.29) is 0 Å². The number of para-hydroxylation sites is 1. The predicted molar refractivity (Wildman–Crippen MR) is 205 cm³/mol. The maximum atomic E-state index is 5.28. The van der Waals surface area contributed by atoms with Crippen LogP contribution in [0.5, 0.6) is 0 Å². The van der Waals surface area contributed by atoms with Crippen molar-refractivity contribution >= 4 is 54.1 Å². The highest BCUT2D eigenvalue weighted by Crippen LogP contribution is 2.39. The van der Waals surface area contributed by atoms with Crippen molar-refractivity contribution in [3.63, 3.8) is 0 Å². The van der Waals surface area contributed by atoms with Gasteiger partial charge in [0.2, 0.25) is 0 Å². The first-order valence-electron chi connectivity index (χ1n) is 16.7. The van der Waals surface area contributed by atoms with Crippen molar-refractivity contribution in [1.82, 2.24) is 14.5 Å². The van der Waals surface area contributed by atoms with Gasteiger partial charge in [0.25, 0.3) is 0 Å². The van der Waals surface area contributed by atoms with E-state index >= 15 is 0 Å². The highest BCUT2D eigenvalue weighted by atomic mass is 15.0. The van der Waals surface area contributed by atoms with Crippen molar-refractivity contribution in [2.45, 2.75) is 0 Å². The molecule has 49 heavy (non-hydrogen) atoms. The molecule has 0 unspecified atom stereocenters. The molecule has 0 aliphatic carbocycles. The molecule has 0 saturated carbocycles. The van der Waals surface area contributed by atoms with E-state index in [2.05, 4.69) is 174 Å². The van der Waals surface area contributed by atoms with Crippen molar-refractivity contribution in [1.29, 1.82) is 0 Å². The minimum Gasteiger partial charge on any atom is -0.309 e. The summed E-state index contributed by atoms with van der Waals surface area (Å²) < 4.78 is 2.42. The lowest BCUT2D eigenvalue weighted by Gasteiger charge is -2.15. The fourth-order valence-corrected chi connectivity index (χ4v) is 7.35. The van der Waals surface area contributed by atoms with Gasteiger partial charge < -0.3 is 4.57 Å². The summed E-state index contributed by atoms with van der Waals surface area (Å²) in [5.74, 6) is 0.697. The Morgan fingerprint density at radius 3 is 1.71 bits per heavy atom. The maximum absolute atomic E-state index is 5.28. The molecule has 2 aromatic heterocycles. The fourth-order valence-electron chi connectivity index (χ4n) is 7.35. The summed E-state index contributed by atoms with van der Waals surface area (Å²) in [5.41, 5.74) is 8.34. The molecule has 0 N–H and O–H groups in total. The Morgan fingerprint density at radius 1 is 0.327 bits per heavy atom. The molecule has 10 aromatic rings. The Kier molecular flexibility index (Phi) is 6.18. The van der Waals surface area contributed by atoms with Crippen molar-refractivity contribution in [2.75, 3.05) is 0 Å². The maximum Gasteiger partial charge on any atom is 0.160 e. The molecule has 0 aliphatic rings. The SMILES string of the molecule is c1ccc(-c2cc(-c3ccc4ccccc4c3)nc(-c3cc(-n4c5ccccc5c5cc6ccccc6cc54)c4ccccc4c3)n2)cc1. The van der Waals surface area contributed by atoms with Crippen LogP contribution in [0.3, 0.4) is 0 Å². The largest absolute Gasteiger partial charge is 0.309 e. The minimum atomic E-state index is 0.697. The lowest BCUT2D eigenvalue weighted by Crippen LogP contribution is -1.99. The average Bonchev–Trinajstić information content (AvgIpc) is 3.49. The summed E-state index contributed by atoms with van der Waals surface area (Å²) in [5, 5.41) is 9.65. The molecule has 2 heterocycles. The second-order valence-electron chi connectivity index (χ2n) is 12.7. The number of fused-ring (bicyclic) bond motifs is 6. The number of hydrogen-bond donors (Lipinski definition) is 0. The Hall–Kier alpha value is -6.58. The van der Waals surface area contributed by atoms with E-state index in [1.54, 1.807) is 0 Å². The number of nitrogens with zero attached hydrogens (tertiary/aromatic N) is 3. The number of hydrogen-bond acceptors (Lipinski definition) is 2. The Balaban J connectivity index is 1.26. The van der Waals surface area contributed by atoms with Crippen LogP contribution in [0.25, 0.3) is 93.7 Å². The number of benzene rings is 8. The quantitative estimate of drug-likeness (QED) is 0.195. The monoisotopic (exact) mass is 623 g/mol. The molecular weight excluding hydrogens is 595 g/mol. The van der Waals surface area contributed by atoms with Crippen LogP contribution in [0.1, 0.15) is 0 Å². The Morgan fingerprint density at radius 2 is 0.918 bits per heavy atom. The van der Waals surface area contributed by atoms with E-state index in [9.17, 15) is 0 Å². The number of rotatable bonds is 4. The van der Waals surface area contributed by atoms with E-state index in [1.165, 1.54) is 48.7 Å². The molecule has 228 valence electrons. The molecule has 0 aliphatic heterocycles. The van der Waals surface area contributed by atoms with E-state index in [4.69, 9.17) is 9.97 Å². The van der Waals surface area contributed by atoms with Crippen molar-refractivity contribution in [3.8, 4) is 39.6 Å². The Labute approximate surface area is 283 Å². The summed E-state index contributed by atoms with van der Waals surface area (Å²) in [7, 11) is 0. The second kappa shape index (κ2) is 11.0. The first kappa shape index (κ1) is 27.5. The highest BCUT2D eigenvalue weighted by molar-refractivity contribution is 6.14. The first-order valence-corrected chi connectivity index (χ1v) is 16.7. The third-order valence-electron chi connectivity index (χ3n) is 9.72. The molecule has 0 saturated heterocycles. The van der Waals surface area contributed by atoms with Crippen LogP contribution in [0.4, 0.5) is 0 Å². The van der Waals surface area contributed by atoms with Crippen LogP contribution in [0.2, 0.25) is 0 Å². The average molecular weight is 624 g/mol. The van der Waals surface area contributed by atoms with Crippen LogP contribution in [0.15, 0.2) is 176 Å². The van der Waals surface area contributed by atoms with Crippen LogP contribution in [-0.4, -0.2) is 14.5 Å². The summed E-state index contributed by atoms with van der Waals surface area (Å²) in [4.78, 5) is 10.5. The lowest BCUT2D eigenvalue weighted by atomic mass is 10.0. The molecule has 0 spiro atoms. The molecule has 0 bridgehead atoms. The second-order valence-corrected chi connectivity index (χ2v) is 12.7. The molecule has 10 rings (SSSR count). The van der Waals surface area contributed by atoms with Crippen molar-refractivity contribution in [3.05, 3.63) is 176 Å². The topological polar surface area (TPSA) is 30.7 Å². The smallest absolute Gasteiger partial charge is 0.160 e. The third kappa shape index (κ3) is 4.59. The van der Waals surface area contributed by atoms with Crippen molar-refractivity contribution < 1.29 is 0 Å². The summed E-state index contributed by atoms with van der Waals surface area (Å²) >= 11 is 0. The van der Waals surface area contributed by atoms with Gasteiger partial charge in [-0.2, -0.15) is 0 Å². The normalized spacial score (nSPS) is 11.7. The van der Waals surface area contributed by atoms with E-state index in [0.717, 1.165) is 39.2 Å². The van der Waals surface area contributed by atoms with Gasteiger partial charge in [-0.1, -0.05) is 133 Å². The zero-order valence-corrected chi connectivity index (χ0v) is 26.6. The van der Waals surface area contributed by atoms with Gasteiger partial charge in [0, 0.05) is 32.8 Å². The van der Waals surface area contributed by atoms with Crippen LogP contribution < -0.4 is 0 Å². The molecule has 3 heteroatoms. The van der Waals surface area contributed by atoms with E-state index < -0.39 is 0 Å². The first-order chi connectivity index (χ1) is 24.3. The van der Waals surface area contributed by atoms with E-state index in [0.29, 0.717) is 5.82 Å². The molecule has 0 atom stereocenters. The van der Waals surface area contributed by atoms with Gasteiger partial charge in [0.05, 0.1) is 28.1 Å². The van der Waals surface area contributed by atoms with Gasteiger partial charge in [-0.05, 0) is 69.4 Å². The zero-order valence-electron chi connectivity index (χ0n) is 26.6. The fraction of sp³-hybridized carbons (Fsp3) is 0. The standard InChI is InChI=1S/C46H29N3/c1-2-13-31(14-3-1)41-29-42(36-23-22-30-12-4-5-15-32(30)24-36)48-46(47-41)37-25-35-18-8-9-19-38(35)44(28-37)49-43-21-11-10-20-39(43)40-26-33-16-6-7-17-34(33)27-45(40)49/h1-29H. The van der Waals surface area contributed by atoms with Gasteiger partial charge in [-0.3, -0.25) is 0 Å². The summed E-state index contributed by atoms with van der Waals surface area (Å²) in [6.45, 7) is 0. The van der Waals surface area contributed by atoms with Gasteiger partial charge in [0.15, 0.2) is 5.82 Å². The summed E-state index contributed by atoms with van der Waals surface area (Å²) in [6, 6.07) is 62.7. The highest BCUT2D eigenvalue weighted by Gasteiger charge is 2.18. The van der Waals surface area contributed by atoms with Gasteiger partial charge in [-0.15, -0.1) is 0 Å². The van der Waals surface area contributed by atoms with Crippen LogP contribution in [0, 0.1) is 0 Å². The number of aromatic nitrogens is 3. The molecular formula is C46H29N3.